The highest BCUT2D eigenvalue weighted by Gasteiger charge is 2.24. The summed E-state index contributed by atoms with van der Waals surface area (Å²) in [6, 6.07) is 7.99. The molecule has 0 aliphatic heterocycles. The highest BCUT2D eigenvalue weighted by atomic mass is 15.2. The SMILES string of the molecule is CNC(CN(C)C1CCC(C)CC1)c1cc(C)ccc1C. The zero-order valence-electron chi connectivity index (χ0n) is 14.4. The van der Waals surface area contributed by atoms with Gasteiger partial charge in [-0.2, -0.15) is 0 Å². The molecule has 1 aromatic rings. The third-order valence-electron chi connectivity index (χ3n) is 5.24. The monoisotopic (exact) mass is 288 g/mol. The van der Waals surface area contributed by atoms with E-state index in [1.807, 2.05) is 0 Å². The molecule has 1 atom stereocenters. The maximum absolute atomic E-state index is 3.52. The summed E-state index contributed by atoms with van der Waals surface area (Å²) in [7, 11) is 4.39. The highest BCUT2D eigenvalue weighted by Crippen LogP contribution is 2.28. The predicted octanol–water partition coefficient (Wildman–Crippen LogP) is 4.07. The van der Waals surface area contributed by atoms with Gasteiger partial charge in [0.2, 0.25) is 0 Å². The molecule has 118 valence electrons. The Labute approximate surface area is 130 Å². The first kappa shape index (κ1) is 16.5. The Balaban J connectivity index is 2.03. The van der Waals surface area contributed by atoms with E-state index in [-0.39, 0.29) is 0 Å². The third kappa shape index (κ3) is 4.31. The van der Waals surface area contributed by atoms with Crippen molar-refractivity contribution in [2.24, 2.45) is 5.92 Å². The molecule has 1 saturated carbocycles. The van der Waals surface area contributed by atoms with Crippen molar-refractivity contribution >= 4 is 0 Å². The van der Waals surface area contributed by atoms with Crippen molar-refractivity contribution in [1.29, 1.82) is 0 Å². The number of aryl methyl sites for hydroxylation is 2. The van der Waals surface area contributed by atoms with Gasteiger partial charge in [-0.15, -0.1) is 0 Å². The van der Waals surface area contributed by atoms with Gasteiger partial charge in [0.15, 0.2) is 0 Å². The first-order valence-corrected chi connectivity index (χ1v) is 8.46. The summed E-state index contributed by atoms with van der Waals surface area (Å²) in [4.78, 5) is 2.58. The van der Waals surface area contributed by atoms with E-state index in [0.29, 0.717) is 6.04 Å². The fourth-order valence-corrected chi connectivity index (χ4v) is 3.60. The lowest BCUT2D eigenvalue weighted by Gasteiger charge is -2.36. The van der Waals surface area contributed by atoms with Crippen molar-refractivity contribution in [3.05, 3.63) is 34.9 Å². The number of nitrogens with zero attached hydrogens (tertiary/aromatic N) is 1. The highest BCUT2D eigenvalue weighted by molar-refractivity contribution is 5.33. The second-order valence-corrected chi connectivity index (χ2v) is 7.05. The van der Waals surface area contributed by atoms with Crippen molar-refractivity contribution in [2.75, 3.05) is 20.6 Å². The Kier molecular flexibility index (Phi) is 5.83. The quantitative estimate of drug-likeness (QED) is 0.878. The average molecular weight is 288 g/mol. The van der Waals surface area contributed by atoms with E-state index in [1.54, 1.807) is 0 Å². The average Bonchev–Trinajstić information content (AvgIpc) is 2.48. The lowest BCUT2D eigenvalue weighted by Crippen LogP contribution is -2.40. The molecule has 0 amide bonds. The zero-order valence-corrected chi connectivity index (χ0v) is 14.4. The lowest BCUT2D eigenvalue weighted by molar-refractivity contribution is 0.158. The van der Waals surface area contributed by atoms with Crippen molar-refractivity contribution in [1.82, 2.24) is 10.2 Å². The molecule has 0 spiro atoms. The Hall–Kier alpha value is -0.860. The molecule has 1 aliphatic carbocycles. The normalized spacial score (nSPS) is 24.3. The number of nitrogens with one attached hydrogen (secondary N) is 1. The van der Waals surface area contributed by atoms with Crippen LogP contribution in [0.3, 0.4) is 0 Å². The van der Waals surface area contributed by atoms with E-state index in [4.69, 9.17) is 0 Å². The Morgan fingerprint density at radius 3 is 2.48 bits per heavy atom. The molecule has 0 bridgehead atoms. The first-order valence-electron chi connectivity index (χ1n) is 8.46. The molecule has 0 aromatic heterocycles. The molecule has 1 unspecified atom stereocenters. The lowest BCUT2D eigenvalue weighted by atomic mass is 9.86. The van der Waals surface area contributed by atoms with Crippen LogP contribution in [-0.4, -0.2) is 31.6 Å². The molecule has 2 nitrogen and oxygen atoms in total. The molecule has 0 heterocycles. The number of rotatable bonds is 5. The number of likely N-dealkylation sites (N-methyl/N-ethyl adjacent to an activating group) is 2. The second kappa shape index (κ2) is 7.42. The van der Waals surface area contributed by atoms with E-state index in [0.717, 1.165) is 18.5 Å². The van der Waals surface area contributed by atoms with Crippen LogP contribution in [-0.2, 0) is 0 Å². The first-order chi connectivity index (χ1) is 10.0. The van der Waals surface area contributed by atoms with Gasteiger partial charge in [-0.1, -0.05) is 30.7 Å². The van der Waals surface area contributed by atoms with E-state index >= 15 is 0 Å². The number of hydrogen-bond acceptors (Lipinski definition) is 2. The van der Waals surface area contributed by atoms with E-state index in [1.165, 1.54) is 42.4 Å². The van der Waals surface area contributed by atoms with Gasteiger partial charge in [0.1, 0.15) is 0 Å². The molecule has 1 aromatic carbocycles. The third-order valence-corrected chi connectivity index (χ3v) is 5.24. The largest absolute Gasteiger partial charge is 0.312 e. The molecule has 1 N–H and O–H groups in total. The van der Waals surface area contributed by atoms with Gasteiger partial charge < -0.3 is 10.2 Å². The minimum atomic E-state index is 0.425. The minimum Gasteiger partial charge on any atom is -0.312 e. The minimum absolute atomic E-state index is 0.425. The van der Waals surface area contributed by atoms with Crippen LogP contribution in [0.5, 0.6) is 0 Å². The van der Waals surface area contributed by atoms with E-state index in [9.17, 15) is 0 Å². The standard InChI is InChI=1S/C19H32N2/c1-14-7-10-17(11-8-14)21(5)13-19(20-4)18-12-15(2)6-9-16(18)3/h6,9,12,14,17,19-20H,7-8,10-11,13H2,1-5H3. The summed E-state index contributed by atoms with van der Waals surface area (Å²) in [6.07, 6.45) is 5.51. The van der Waals surface area contributed by atoms with Crippen molar-refractivity contribution < 1.29 is 0 Å². The van der Waals surface area contributed by atoms with E-state index < -0.39 is 0 Å². The summed E-state index contributed by atoms with van der Waals surface area (Å²) in [5.41, 5.74) is 4.20. The van der Waals surface area contributed by atoms with Gasteiger partial charge in [-0.25, -0.2) is 0 Å². The topological polar surface area (TPSA) is 15.3 Å². The Bertz CT molecular complexity index is 447. The van der Waals surface area contributed by atoms with Crippen LogP contribution >= 0.6 is 0 Å². The van der Waals surface area contributed by atoms with Gasteiger partial charge >= 0.3 is 0 Å². The summed E-state index contributed by atoms with van der Waals surface area (Å²) >= 11 is 0. The summed E-state index contributed by atoms with van der Waals surface area (Å²) in [6.45, 7) is 7.89. The molecular weight excluding hydrogens is 256 g/mol. The molecule has 2 heteroatoms. The molecule has 1 aliphatic rings. The maximum atomic E-state index is 3.52. The molecule has 0 radical (unpaired) electrons. The Morgan fingerprint density at radius 1 is 1.19 bits per heavy atom. The van der Waals surface area contributed by atoms with E-state index in [2.05, 4.69) is 63.3 Å². The fourth-order valence-electron chi connectivity index (χ4n) is 3.60. The van der Waals surface area contributed by atoms with Gasteiger partial charge in [-0.05, 0) is 70.7 Å². The van der Waals surface area contributed by atoms with Gasteiger partial charge in [0, 0.05) is 18.6 Å². The Morgan fingerprint density at radius 2 is 1.86 bits per heavy atom. The zero-order chi connectivity index (χ0) is 15.4. The van der Waals surface area contributed by atoms with Crippen LogP contribution in [0.2, 0.25) is 0 Å². The van der Waals surface area contributed by atoms with Crippen LogP contribution in [0.15, 0.2) is 18.2 Å². The second-order valence-electron chi connectivity index (χ2n) is 7.05. The summed E-state index contributed by atoms with van der Waals surface area (Å²) < 4.78 is 0. The van der Waals surface area contributed by atoms with Crippen molar-refractivity contribution in [2.45, 2.75) is 58.5 Å². The molecular formula is C19H32N2. The van der Waals surface area contributed by atoms with Crippen molar-refractivity contribution in [3.8, 4) is 0 Å². The molecule has 2 rings (SSSR count). The van der Waals surface area contributed by atoms with Crippen molar-refractivity contribution in [3.63, 3.8) is 0 Å². The van der Waals surface area contributed by atoms with Crippen LogP contribution < -0.4 is 5.32 Å². The summed E-state index contributed by atoms with van der Waals surface area (Å²) in [5.74, 6) is 0.925. The van der Waals surface area contributed by atoms with Gasteiger partial charge in [0.25, 0.3) is 0 Å². The smallest absolute Gasteiger partial charge is 0.0449 e. The van der Waals surface area contributed by atoms with Crippen LogP contribution in [0, 0.1) is 19.8 Å². The maximum Gasteiger partial charge on any atom is 0.0449 e. The predicted molar refractivity (Wildman–Crippen MR) is 91.8 cm³/mol. The molecule has 0 saturated heterocycles. The fraction of sp³-hybridized carbons (Fsp3) is 0.684. The van der Waals surface area contributed by atoms with Crippen LogP contribution in [0.25, 0.3) is 0 Å². The summed E-state index contributed by atoms with van der Waals surface area (Å²) in [5, 5.41) is 3.52. The van der Waals surface area contributed by atoms with Gasteiger partial charge in [0.05, 0.1) is 0 Å². The van der Waals surface area contributed by atoms with Gasteiger partial charge in [-0.3, -0.25) is 0 Å². The van der Waals surface area contributed by atoms with Crippen LogP contribution in [0.4, 0.5) is 0 Å². The number of benzene rings is 1. The molecule has 1 fully saturated rings. The molecule has 21 heavy (non-hydrogen) atoms. The van der Waals surface area contributed by atoms with Crippen LogP contribution in [0.1, 0.15) is 55.3 Å². The number of hydrogen-bond donors (Lipinski definition) is 1.